The molecule has 0 unspecified atom stereocenters. The van der Waals surface area contributed by atoms with Crippen molar-refractivity contribution in [3.8, 4) is 11.5 Å². The molecular formula is C23H26N2O6S. The van der Waals surface area contributed by atoms with Crippen molar-refractivity contribution in [1.29, 1.82) is 0 Å². The summed E-state index contributed by atoms with van der Waals surface area (Å²) in [6.45, 7) is 0.921. The lowest BCUT2D eigenvalue weighted by molar-refractivity contribution is 0.0463. The van der Waals surface area contributed by atoms with E-state index in [9.17, 15) is 13.2 Å². The van der Waals surface area contributed by atoms with Crippen LogP contribution < -0.4 is 9.47 Å². The first-order chi connectivity index (χ1) is 15.4. The molecule has 2 aliphatic rings. The van der Waals surface area contributed by atoms with Crippen LogP contribution in [0.1, 0.15) is 41.6 Å². The number of amidine groups is 1. The minimum atomic E-state index is -3.67. The zero-order valence-corrected chi connectivity index (χ0v) is 18.9. The van der Waals surface area contributed by atoms with Crippen LogP contribution in [0.5, 0.6) is 11.5 Å². The van der Waals surface area contributed by atoms with E-state index in [1.165, 1.54) is 7.11 Å². The summed E-state index contributed by atoms with van der Waals surface area (Å²) < 4.78 is 45.0. The van der Waals surface area contributed by atoms with Crippen molar-refractivity contribution in [2.45, 2.75) is 36.6 Å². The Kier molecular flexibility index (Phi) is 6.36. The third kappa shape index (κ3) is 4.29. The number of nitrogens with zero attached hydrogens (tertiary/aromatic N) is 2. The zero-order chi connectivity index (χ0) is 22.7. The van der Waals surface area contributed by atoms with Crippen molar-refractivity contribution in [3.63, 3.8) is 0 Å². The molecule has 1 saturated heterocycles. The van der Waals surface area contributed by atoms with Gasteiger partial charge in [-0.25, -0.2) is 4.79 Å². The average Bonchev–Trinajstić information content (AvgIpc) is 3.09. The summed E-state index contributed by atoms with van der Waals surface area (Å²) in [5.74, 6) is 0.992. The lowest BCUT2D eigenvalue weighted by atomic mass is 9.98. The first kappa shape index (κ1) is 22.1. The SMILES string of the molecule is COc1ccc(C(=O)OCC[C@@H]2CCCCN2C2=NS(=O)(=O)c3ccccc32)c(OC)c1. The second kappa shape index (κ2) is 9.20. The van der Waals surface area contributed by atoms with E-state index in [2.05, 4.69) is 9.30 Å². The van der Waals surface area contributed by atoms with Crippen LogP contribution in [-0.4, -0.2) is 58.5 Å². The minimum absolute atomic E-state index is 0.0365. The predicted octanol–water partition coefficient (Wildman–Crippen LogP) is 3.25. The molecule has 0 amide bonds. The molecule has 8 nitrogen and oxygen atoms in total. The van der Waals surface area contributed by atoms with Gasteiger partial charge in [-0.15, -0.1) is 4.40 Å². The van der Waals surface area contributed by atoms with Gasteiger partial charge in [-0.05, 0) is 43.5 Å². The van der Waals surface area contributed by atoms with Crippen LogP contribution >= 0.6 is 0 Å². The number of benzene rings is 2. The van der Waals surface area contributed by atoms with E-state index in [1.54, 1.807) is 43.5 Å². The van der Waals surface area contributed by atoms with Crippen molar-refractivity contribution in [2.24, 2.45) is 4.40 Å². The maximum Gasteiger partial charge on any atom is 0.341 e. The number of piperidine rings is 1. The quantitative estimate of drug-likeness (QED) is 0.613. The van der Waals surface area contributed by atoms with Crippen molar-refractivity contribution >= 4 is 21.8 Å². The highest BCUT2D eigenvalue weighted by Crippen LogP contribution is 2.31. The molecule has 2 aliphatic heterocycles. The van der Waals surface area contributed by atoms with Gasteiger partial charge in [0.25, 0.3) is 10.0 Å². The third-order valence-electron chi connectivity index (χ3n) is 5.82. The van der Waals surface area contributed by atoms with Gasteiger partial charge < -0.3 is 19.1 Å². The molecule has 32 heavy (non-hydrogen) atoms. The summed E-state index contributed by atoms with van der Waals surface area (Å²) in [7, 11) is -0.646. The molecule has 0 bridgehead atoms. The van der Waals surface area contributed by atoms with Gasteiger partial charge in [-0.3, -0.25) is 0 Å². The fourth-order valence-corrected chi connectivity index (χ4v) is 5.42. The van der Waals surface area contributed by atoms with E-state index >= 15 is 0 Å². The highest BCUT2D eigenvalue weighted by atomic mass is 32.2. The van der Waals surface area contributed by atoms with E-state index in [-0.39, 0.29) is 17.5 Å². The average molecular weight is 459 g/mol. The summed E-state index contributed by atoms with van der Waals surface area (Å²) >= 11 is 0. The number of esters is 1. The molecule has 170 valence electrons. The number of likely N-dealkylation sites (tertiary alicyclic amines) is 1. The number of methoxy groups -OCH3 is 2. The number of ether oxygens (including phenoxy) is 3. The lowest BCUT2D eigenvalue weighted by Crippen LogP contribution is -2.44. The molecular weight excluding hydrogens is 432 g/mol. The normalized spacial score (nSPS) is 19.1. The highest BCUT2D eigenvalue weighted by molar-refractivity contribution is 7.90. The number of sulfonamides is 1. The van der Waals surface area contributed by atoms with Gasteiger partial charge in [0.1, 0.15) is 22.0 Å². The Balaban J connectivity index is 1.45. The molecule has 2 aromatic carbocycles. The van der Waals surface area contributed by atoms with E-state index in [0.717, 1.165) is 19.3 Å². The number of hydrogen-bond donors (Lipinski definition) is 0. The summed E-state index contributed by atoms with van der Waals surface area (Å²) in [5, 5.41) is 0. The topological polar surface area (TPSA) is 94.5 Å². The summed E-state index contributed by atoms with van der Waals surface area (Å²) in [6.07, 6.45) is 3.44. The van der Waals surface area contributed by atoms with Gasteiger partial charge >= 0.3 is 5.97 Å². The summed E-state index contributed by atoms with van der Waals surface area (Å²) in [5.41, 5.74) is 0.966. The minimum Gasteiger partial charge on any atom is -0.497 e. The number of fused-ring (bicyclic) bond motifs is 1. The van der Waals surface area contributed by atoms with Crippen LogP contribution in [0, 0.1) is 0 Å². The predicted molar refractivity (Wildman–Crippen MR) is 119 cm³/mol. The molecule has 1 fully saturated rings. The standard InChI is InChI=1S/C23H26N2O6S/c1-29-17-10-11-18(20(15-17)30-2)23(26)31-14-12-16-7-5-6-13-25(16)22-19-8-3-4-9-21(19)32(27,28)24-22/h3-4,8-11,15-16H,5-7,12-14H2,1-2H3/t16-/m0/s1. The van der Waals surface area contributed by atoms with Gasteiger partial charge in [0, 0.05) is 30.6 Å². The summed E-state index contributed by atoms with van der Waals surface area (Å²) in [4.78, 5) is 14.9. The highest BCUT2D eigenvalue weighted by Gasteiger charge is 2.35. The molecule has 0 aromatic heterocycles. The Morgan fingerprint density at radius 3 is 2.72 bits per heavy atom. The first-order valence-electron chi connectivity index (χ1n) is 10.5. The van der Waals surface area contributed by atoms with E-state index in [4.69, 9.17) is 14.2 Å². The van der Waals surface area contributed by atoms with Crippen molar-refractivity contribution in [1.82, 2.24) is 4.90 Å². The van der Waals surface area contributed by atoms with Gasteiger partial charge in [0.2, 0.25) is 0 Å². The molecule has 0 radical (unpaired) electrons. The molecule has 0 saturated carbocycles. The second-order valence-corrected chi connectivity index (χ2v) is 9.29. The molecule has 0 N–H and O–H groups in total. The monoisotopic (exact) mass is 458 g/mol. The van der Waals surface area contributed by atoms with E-state index in [0.29, 0.717) is 41.4 Å². The Morgan fingerprint density at radius 2 is 1.94 bits per heavy atom. The molecule has 9 heteroatoms. The van der Waals surface area contributed by atoms with Gasteiger partial charge in [-0.1, -0.05) is 12.1 Å². The largest absolute Gasteiger partial charge is 0.497 e. The van der Waals surface area contributed by atoms with Crippen LogP contribution in [0.3, 0.4) is 0 Å². The van der Waals surface area contributed by atoms with E-state index < -0.39 is 16.0 Å². The van der Waals surface area contributed by atoms with Crippen LogP contribution in [0.15, 0.2) is 51.8 Å². The molecule has 4 rings (SSSR count). The molecule has 0 spiro atoms. The van der Waals surface area contributed by atoms with Crippen LogP contribution in [0.4, 0.5) is 0 Å². The maximum absolute atomic E-state index is 12.6. The second-order valence-electron chi connectivity index (χ2n) is 7.72. The molecule has 1 atom stereocenters. The Bertz CT molecular complexity index is 1140. The fraction of sp³-hybridized carbons (Fsp3) is 0.391. The van der Waals surface area contributed by atoms with Crippen LogP contribution in [0.25, 0.3) is 0 Å². The van der Waals surface area contributed by atoms with Crippen molar-refractivity contribution in [2.75, 3.05) is 27.4 Å². The zero-order valence-electron chi connectivity index (χ0n) is 18.1. The smallest absolute Gasteiger partial charge is 0.341 e. The Labute approximate surface area is 187 Å². The lowest BCUT2D eigenvalue weighted by Gasteiger charge is -2.37. The Morgan fingerprint density at radius 1 is 1.12 bits per heavy atom. The maximum atomic E-state index is 12.6. The fourth-order valence-electron chi connectivity index (χ4n) is 4.21. The molecule has 2 aromatic rings. The third-order valence-corrected chi connectivity index (χ3v) is 7.15. The van der Waals surface area contributed by atoms with Gasteiger partial charge in [0.05, 0.1) is 20.8 Å². The van der Waals surface area contributed by atoms with Crippen molar-refractivity contribution in [3.05, 3.63) is 53.6 Å². The van der Waals surface area contributed by atoms with Crippen molar-refractivity contribution < 1.29 is 27.4 Å². The van der Waals surface area contributed by atoms with Crippen LogP contribution in [0.2, 0.25) is 0 Å². The first-order valence-corrected chi connectivity index (χ1v) is 12.0. The van der Waals surface area contributed by atoms with Gasteiger partial charge in [-0.2, -0.15) is 8.42 Å². The Hall–Kier alpha value is -3.07. The molecule has 2 heterocycles. The number of rotatable bonds is 6. The number of carbonyl (C=O) groups excluding carboxylic acids is 1. The molecule has 0 aliphatic carbocycles. The van der Waals surface area contributed by atoms with E-state index in [1.807, 2.05) is 6.07 Å². The number of carbonyl (C=O) groups is 1. The van der Waals surface area contributed by atoms with Crippen LogP contribution in [-0.2, 0) is 14.8 Å². The van der Waals surface area contributed by atoms with Gasteiger partial charge in [0.15, 0.2) is 5.84 Å². The number of hydrogen-bond acceptors (Lipinski definition) is 7. The summed E-state index contributed by atoms with van der Waals surface area (Å²) in [6, 6.07) is 11.9.